The number of nitrogens with one attached hydrogen (secondary N) is 2. The van der Waals surface area contributed by atoms with Gasteiger partial charge < -0.3 is 10.6 Å². The molecule has 1 amide bonds. The van der Waals surface area contributed by atoms with Crippen molar-refractivity contribution in [3.63, 3.8) is 0 Å². The summed E-state index contributed by atoms with van der Waals surface area (Å²) in [7, 11) is 0. The molecule has 0 radical (unpaired) electrons. The molecule has 2 unspecified atom stereocenters. The molecule has 1 aromatic rings. The summed E-state index contributed by atoms with van der Waals surface area (Å²) >= 11 is 1.77. The minimum Gasteiger partial charge on any atom is -0.325 e. The van der Waals surface area contributed by atoms with Crippen molar-refractivity contribution in [3.05, 3.63) is 30.3 Å². The first kappa shape index (κ1) is 13.4. The Morgan fingerprint density at radius 1 is 1.44 bits per heavy atom. The molecule has 18 heavy (non-hydrogen) atoms. The standard InChI is InChI=1S/C14H20N2OS/c1-11(18-13-8-5-9-15-10-13)14(17)16-12-6-3-2-4-7-12/h2-4,6-7,11,13,15H,5,8-10H2,1H3,(H,16,17). The maximum atomic E-state index is 12.0. The van der Waals surface area contributed by atoms with Crippen LogP contribution in [0.4, 0.5) is 5.69 Å². The normalized spacial score (nSPS) is 21.3. The Hall–Kier alpha value is -1.00. The molecule has 4 heteroatoms. The van der Waals surface area contributed by atoms with E-state index in [2.05, 4.69) is 10.6 Å². The van der Waals surface area contributed by atoms with Gasteiger partial charge in [-0.25, -0.2) is 0 Å². The number of benzene rings is 1. The lowest BCUT2D eigenvalue weighted by molar-refractivity contribution is -0.115. The van der Waals surface area contributed by atoms with Gasteiger partial charge in [-0.15, -0.1) is 11.8 Å². The third kappa shape index (κ3) is 4.03. The van der Waals surface area contributed by atoms with Gasteiger partial charge in [-0.05, 0) is 38.4 Å². The summed E-state index contributed by atoms with van der Waals surface area (Å²) < 4.78 is 0. The monoisotopic (exact) mass is 264 g/mol. The van der Waals surface area contributed by atoms with Crippen LogP contribution in [0.25, 0.3) is 0 Å². The predicted molar refractivity (Wildman–Crippen MR) is 78.0 cm³/mol. The van der Waals surface area contributed by atoms with Gasteiger partial charge in [-0.3, -0.25) is 4.79 Å². The number of carbonyl (C=O) groups is 1. The van der Waals surface area contributed by atoms with Crippen molar-refractivity contribution < 1.29 is 4.79 Å². The van der Waals surface area contributed by atoms with E-state index in [4.69, 9.17) is 0 Å². The fourth-order valence-electron chi connectivity index (χ4n) is 2.05. The molecule has 1 fully saturated rings. The zero-order valence-corrected chi connectivity index (χ0v) is 11.5. The van der Waals surface area contributed by atoms with Crippen LogP contribution in [0, 0.1) is 0 Å². The highest BCUT2D eigenvalue weighted by Gasteiger charge is 2.21. The van der Waals surface area contributed by atoms with Gasteiger partial charge in [0.05, 0.1) is 5.25 Å². The van der Waals surface area contributed by atoms with Crippen molar-refractivity contribution >= 4 is 23.4 Å². The van der Waals surface area contributed by atoms with Crippen LogP contribution in [0.15, 0.2) is 30.3 Å². The van der Waals surface area contributed by atoms with Gasteiger partial charge in [-0.1, -0.05) is 18.2 Å². The minimum atomic E-state index is -0.00453. The molecule has 0 spiro atoms. The molecule has 0 aromatic heterocycles. The summed E-state index contributed by atoms with van der Waals surface area (Å²) in [4.78, 5) is 12.0. The van der Waals surface area contributed by atoms with Gasteiger partial charge in [-0.2, -0.15) is 0 Å². The van der Waals surface area contributed by atoms with Gasteiger partial charge in [0.15, 0.2) is 0 Å². The first-order chi connectivity index (χ1) is 8.75. The van der Waals surface area contributed by atoms with Gasteiger partial charge in [0.1, 0.15) is 0 Å². The van der Waals surface area contributed by atoms with Crippen LogP contribution >= 0.6 is 11.8 Å². The maximum Gasteiger partial charge on any atom is 0.237 e. The first-order valence-electron chi connectivity index (χ1n) is 6.48. The molecule has 2 N–H and O–H groups in total. The van der Waals surface area contributed by atoms with E-state index in [9.17, 15) is 4.79 Å². The van der Waals surface area contributed by atoms with E-state index in [1.54, 1.807) is 11.8 Å². The zero-order chi connectivity index (χ0) is 12.8. The van der Waals surface area contributed by atoms with Crippen molar-refractivity contribution in [2.24, 2.45) is 0 Å². The molecule has 1 aliphatic heterocycles. The fourth-order valence-corrected chi connectivity index (χ4v) is 3.33. The van der Waals surface area contributed by atoms with Crippen LogP contribution in [0.2, 0.25) is 0 Å². The number of anilines is 1. The second-order valence-electron chi connectivity index (χ2n) is 4.60. The number of para-hydroxylation sites is 1. The van der Waals surface area contributed by atoms with Crippen LogP contribution in [0.1, 0.15) is 19.8 Å². The third-order valence-electron chi connectivity index (χ3n) is 3.06. The molecule has 98 valence electrons. The van der Waals surface area contributed by atoms with Crippen LogP contribution in [-0.2, 0) is 4.79 Å². The summed E-state index contributed by atoms with van der Waals surface area (Å²) in [6.45, 7) is 4.12. The summed E-state index contributed by atoms with van der Waals surface area (Å²) in [5.74, 6) is 0.0942. The summed E-state index contributed by atoms with van der Waals surface area (Å²) in [6.07, 6.45) is 2.42. The molecule has 1 saturated heterocycles. The number of amides is 1. The highest BCUT2D eigenvalue weighted by Crippen LogP contribution is 2.24. The Bertz CT molecular complexity index is 377. The Morgan fingerprint density at radius 2 is 2.22 bits per heavy atom. The molecule has 1 heterocycles. The SMILES string of the molecule is CC(SC1CCCNC1)C(=O)Nc1ccccc1. The maximum absolute atomic E-state index is 12.0. The van der Waals surface area contributed by atoms with E-state index in [1.807, 2.05) is 37.3 Å². The number of hydrogen-bond acceptors (Lipinski definition) is 3. The van der Waals surface area contributed by atoms with Gasteiger partial charge in [0.25, 0.3) is 0 Å². The molecule has 1 aromatic carbocycles. The lowest BCUT2D eigenvalue weighted by atomic mass is 10.2. The number of piperidine rings is 1. The Labute approximate surface area is 113 Å². The summed E-state index contributed by atoms with van der Waals surface area (Å²) in [5, 5.41) is 6.89. The number of thioether (sulfide) groups is 1. The number of carbonyl (C=O) groups excluding carboxylic acids is 1. The highest BCUT2D eigenvalue weighted by atomic mass is 32.2. The van der Waals surface area contributed by atoms with Crippen molar-refractivity contribution in [2.45, 2.75) is 30.3 Å². The smallest absolute Gasteiger partial charge is 0.237 e. The highest BCUT2D eigenvalue weighted by molar-refractivity contribution is 8.01. The Kier molecular flexibility index (Phi) is 5.08. The van der Waals surface area contributed by atoms with Crippen molar-refractivity contribution in [1.82, 2.24) is 5.32 Å². The second kappa shape index (κ2) is 6.81. The van der Waals surface area contributed by atoms with Crippen LogP contribution in [-0.4, -0.2) is 29.5 Å². The van der Waals surface area contributed by atoms with Crippen molar-refractivity contribution in [2.75, 3.05) is 18.4 Å². The van der Waals surface area contributed by atoms with Gasteiger partial charge in [0, 0.05) is 17.5 Å². The molecule has 0 saturated carbocycles. The number of rotatable bonds is 4. The van der Waals surface area contributed by atoms with Crippen LogP contribution in [0.5, 0.6) is 0 Å². The quantitative estimate of drug-likeness (QED) is 0.878. The van der Waals surface area contributed by atoms with Gasteiger partial charge >= 0.3 is 0 Å². The lowest BCUT2D eigenvalue weighted by Crippen LogP contribution is -2.34. The lowest BCUT2D eigenvalue weighted by Gasteiger charge is -2.24. The van der Waals surface area contributed by atoms with Crippen molar-refractivity contribution in [3.8, 4) is 0 Å². The van der Waals surface area contributed by atoms with E-state index in [1.165, 1.54) is 12.8 Å². The molecule has 3 nitrogen and oxygen atoms in total. The fraction of sp³-hybridized carbons (Fsp3) is 0.500. The Morgan fingerprint density at radius 3 is 2.89 bits per heavy atom. The van der Waals surface area contributed by atoms with Crippen LogP contribution in [0.3, 0.4) is 0 Å². The molecular formula is C14H20N2OS. The van der Waals surface area contributed by atoms with E-state index in [0.29, 0.717) is 5.25 Å². The Balaban J connectivity index is 1.81. The molecule has 2 rings (SSSR count). The van der Waals surface area contributed by atoms with Crippen molar-refractivity contribution in [1.29, 1.82) is 0 Å². The second-order valence-corrected chi connectivity index (χ2v) is 6.25. The van der Waals surface area contributed by atoms with E-state index < -0.39 is 0 Å². The average molecular weight is 264 g/mol. The average Bonchev–Trinajstić information content (AvgIpc) is 2.41. The van der Waals surface area contributed by atoms with E-state index in [-0.39, 0.29) is 11.2 Å². The van der Waals surface area contributed by atoms with E-state index >= 15 is 0 Å². The third-order valence-corrected chi connectivity index (χ3v) is 4.47. The predicted octanol–water partition coefficient (Wildman–Crippen LogP) is 2.50. The molecule has 2 atom stereocenters. The summed E-state index contributed by atoms with van der Waals surface area (Å²) in [5.41, 5.74) is 0.872. The number of hydrogen-bond donors (Lipinski definition) is 2. The van der Waals surface area contributed by atoms with E-state index in [0.717, 1.165) is 18.8 Å². The largest absolute Gasteiger partial charge is 0.325 e. The zero-order valence-electron chi connectivity index (χ0n) is 10.7. The summed E-state index contributed by atoms with van der Waals surface area (Å²) in [6, 6.07) is 9.63. The van der Waals surface area contributed by atoms with Gasteiger partial charge in [0.2, 0.25) is 5.91 Å². The first-order valence-corrected chi connectivity index (χ1v) is 7.42. The van der Waals surface area contributed by atoms with Crippen LogP contribution < -0.4 is 10.6 Å². The molecular weight excluding hydrogens is 244 g/mol. The topological polar surface area (TPSA) is 41.1 Å². The minimum absolute atomic E-state index is 0.00453. The molecule has 0 bridgehead atoms. The molecule has 1 aliphatic rings. The molecule has 0 aliphatic carbocycles.